The van der Waals surface area contributed by atoms with E-state index in [1.807, 2.05) is 0 Å². The molecular formula is C17H20N2O3S. The number of nitrogens with zero attached hydrogens (tertiary/aromatic N) is 1. The van der Waals surface area contributed by atoms with Crippen molar-refractivity contribution in [1.29, 1.82) is 0 Å². The molecule has 0 atom stereocenters. The molecule has 1 heterocycles. The summed E-state index contributed by atoms with van der Waals surface area (Å²) in [7, 11) is 1.49. The fourth-order valence-corrected chi connectivity index (χ4v) is 3.51. The minimum Gasteiger partial charge on any atom is -0.504 e. The molecule has 6 heteroatoms. The predicted octanol–water partition coefficient (Wildman–Crippen LogP) is 2.79. The first-order valence-electron chi connectivity index (χ1n) is 7.83. The molecule has 23 heavy (non-hydrogen) atoms. The van der Waals surface area contributed by atoms with E-state index in [1.54, 1.807) is 29.2 Å². The third kappa shape index (κ3) is 3.17. The molecule has 1 saturated heterocycles. The summed E-state index contributed by atoms with van der Waals surface area (Å²) in [6.45, 7) is 0. The van der Waals surface area contributed by atoms with Gasteiger partial charge in [-0.2, -0.15) is 0 Å². The van der Waals surface area contributed by atoms with Gasteiger partial charge in [-0.1, -0.05) is 25.3 Å². The van der Waals surface area contributed by atoms with Crippen LogP contribution in [0, 0.1) is 0 Å². The van der Waals surface area contributed by atoms with Gasteiger partial charge in [-0.25, -0.2) is 0 Å². The van der Waals surface area contributed by atoms with Gasteiger partial charge in [-0.3, -0.25) is 9.69 Å². The Morgan fingerprint density at radius 3 is 2.78 bits per heavy atom. The van der Waals surface area contributed by atoms with Crippen LogP contribution in [-0.4, -0.2) is 34.2 Å². The summed E-state index contributed by atoms with van der Waals surface area (Å²) in [6.07, 6.45) is 7.27. The van der Waals surface area contributed by atoms with Gasteiger partial charge >= 0.3 is 0 Å². The highest BCUT2D eigenvalue weighted by Gasteiger charge is 2.36. The zero-order valence-corrected chi connectivity index (χ0v) is 13.9. The van der Waals surface area contributed by atoms with Gasteiger partial charge < -0.3 is 15.2 Å². The molecule has 0 radical (unpaired) electrons. The van der Waals surface area contributed by atoms with Crippen molar-refractivity contribution in [3.05, 3.63) is 29.5 Å². The molecular weight excluding hydrogens is 312 g/mol. The Labute approximate surface area is 140 Å². The van der Waals surface area contributed by atoms with Crippen LogP contribution in [0.25, 0.3) is 6.08 Å². The number of methoxy groups -OCH3 is 1. The van der Waals surface area contributed by atoms with Gasteiger partial charge in [0.15, 0.2) is 16.6 Å². The van der Waals surface area contributed by atoms with Gasteiger partial charge in [0, 0.05) is 6.04 Å². The van der Waals surface area contributed by atoms with Crippen molar-refractivity contribution in [1.82, 2.24) is 10.2 Å². The van der Waals surface area contributed by atoms with Gasteiger partial charge in [-0.15, -0.1) is 0 Å². The van der Waals surface area contributed by atoms with E-state index in [9.17, 15) is 9.90 Å². The van der Waals surface area contributed by atoms with E-state index in [-0.39, 0.29) is 17.7 Å². The number of carbonyl (C=O) groups excluding carboxylic acids is 1. The molecule has 1 amide bonds. The number of benzene rings is 1. The first-order valence-corrected chi connectivity index (χ1v) is 8.24. The molecule has 1 aromatic rings. The van der Waals surface area contributed by atoms with Gasteiger partial charge in [0.1, 0.15) is 5.70 Å². The first-order chi connectivity index (χ1) is 11.1. The van der Waals surface area contributed by atoms with E-state index in [4.69, 9.17) is 17.0 Å². The first kappa shape index (κ1) is 15.8. The maximum absolute atomic E-state index is 12.7. The Balaban J connectivity index is 1.83. The standard InChI is InChI=1S/C17H20N2O3S/c1-22-15-10-11(7-8-14(15)20)9-13-16(21)19(17(23)18-13)12-5-3-2-4-6-12/h7-10,12,20H,2-6H2,1H3,(H,18,23)/b13-9-. The van der Waals surface area contributed by atoms with Crippen LogP contribution in [0.1, 0.15) is 37.7 Å². The van der Waals surface area contributed by atoms with Crippen LogP contribution in [0.3, 0.4) is 0 Å². The Morgan fingerprint density at radius 2 is 2.09 bits per heavy atom. The van der Waals surface area contributed by atoms with Crippen LogP contribution in [0.5, 0.6) is 11.5 Å². The number of hydrogen-bond donors (Lipinski definition) is 2. The zero-order chi connectivity index (χ0) is 16.4. The highest BCUT2D eigenvalue weighted by Crippen LogP contribution is 2.29. The second kappa shape index (κ2) is 6.58. The lowest BCUT2D eigenvalue weighted by Crippen LogP contribution is -2.41. The minimum atomic E-state index is -0.0751. The number of carbonyl (C=O) groups is 1. The van der Waals surface area contributed by atoms with Crippen molar-refractivity contribution >= 4 is 29.3 Å². The summed E-state index contributed by atoms with van der Waals surface area (Å²) in [6, 6.07) is 5.16. The van der Waals surface area contributed by atoms with E-state index < -0.39 is 0 Å². The molecule has 0 unspecified atom stereocenters. The normalized spacial score (nSPS) is 20.9. The number of aromatic hydroxyl groups is 1. The van der Waals surface area contributed by atoms with Crippen LogP contribution in [0.15, 0.2) is 23.9 Å². The van der Waals surface area contributed by atoms with Crippen molar-refractivity contribution in [2.24, 2.45) is 0 Å². The number of phenols is 1. The molecule has 0 aromatic heterocycles. The highest BCUT2D eigenvalue weighted by molar-refractivity contribution is 7.80. The molecule has 5 nitrogen and oxygen atoms in total. The summed E-state index contributed by atoms with van der Waals surface area (Å²) in [5.41, 5.74) is 1.23. The summed E-state index contributed by atoms with van der Waals surface area (Å²) in [5, 5.41) is 13.1. The number of phenolic OH excluding ortho intramolecular Hbond substituents is 1. The summed E-state index contributed by atoms with van der Waals surface area (Å²) in [4.78, 5) is 14.4. The summed E-state index contributed by atoms with van der Waals surface area (Å²) >= 11 is 5.35. The van der Waals surface area contributed by atoms with Gasteiger partial charge in [0.25, 0.3) is 5.91 Å². The number of nitrogens with one attached hydrogen (secondary N) is 1. The van der Waals surface area contributed by atoms with E-state index in [1.165, 1.54) is 13.5 Å². The lowest BCUT2D eigenvalue weighted by Gasteiger charge is -2.29. The predicted molar refractivity (Wildman–Crippen MR) is 92.1 cm³/mol. The number of rotatable bonds is 3. The zero-order valence-electron chi connectivity index (χ0n) is 13.0. The molecule has 0 spiro atoms. The van der Waals surface area contributed by atoms with Crippen molar-refractivity contribution in [2.45, 2.75) is 38.1 Å². The number of amides is 1. The molecule has 1 saturated carbocycles. The maximum atomic E-state index is 12.7. The SMILES string of the molecule is COc1cc(/C=C2\NC(=S)N(C3CCCCC3)C2=O)ccc1O. The Hall–Kier alpha value is -2.08. The third-order valence-corrected chi connectivity index (χ3v) is 4.66. The molecule has 2 aliphatic rings. The fourth-order valence-electron chi connectivity index (χ4n) is 3.17. The Bertz CT molecular complexity index is 666. The molecule has 0 bridgehead atoms. The number of ether oxygens (including phenoxy) is 1. The number of thiocarbonyl (C=S) groups is 1. The van der Waals surface area contributed by atoms with E-state index >= 15 is 0 Å². The van der Waals surface area contributed by atoms with E-state index in [0.717, 1.165) is 31.2 Å². The summed E-state index contributed by atoms with van der Waals surface area (Å²) < 4.78 is 5.09. The molecule has 3 rings (SSSR count). The van der Waals surface area contributed by atoms with Crippen molar-refractivity contribution < 1.29 is 14.6 Å². The molecule has 1 aliphatic heterocycles. The van der Waals surface area contributed by atoms with Crippen molar-refractivity contribution in [2.75, 3.05) is 7.11 Å². The molecule has 2 N–H and O–H groups in total. The van der Waals surface area contributed by atoms with Crippen molar-refractivity contribution in [3.63, 3.8) is 0 Å². The largest absolute Gasteiger partial charge is 0.504 e. The second-order valence-corrected chi connectivity index (χ2v) is 6.27. The van der Waals surface area contributed by atoms with Gasteiger partial charge in [0.05, 0.1) is 7.11 Å². The van der Waals surface area contributed by atoms with Crippen LogP contribution in [0.2, 0.25) is 0 Å². The topological polar surface area (TPSA) is 61.8 Å². The lowest BCUT2D eigenvalue weighted by molar-refractivity contribution is -0.124. The van der Waals surface area contributed by atoms with Crippen molar-refractivity contribution in [3.8, 4) is 11.5 Å². The van der Waals surface area contributed by atoms with E-state index in [0.29, 0.717) is 16.6 Å². The molecule has 1 aliphatic carbocycles. The quantitative estimate of drug-likeness (QED) is 0.658. The average molecular weight is 332 g/mol. The van der Waals surface area contributed by atoms with Gasteiger partial charge in [0.2, 0.25) is 0 Å². The van der Waals surface area contributed by atoms with Crippen LogP contribution < -0.4 is 10.1 Å². The molecule has 2 fully saturated rings. The molecule has 1 aromatic carbocycles. The third-order valence-electron chi connectivity index (χ3n) is 4.36. The Morgan fingerprint density at radius 1 is 1.35 bits per heavy atom. The smallest absolute Gasteiger partial charge is 0.276 e. The monoisotopic (exact) mass is 332 g/mol. The summed E-state index contributed by atoms with van der Waals surface area (Å²) in [5.74, 6) is 0.366. The van der Waals surface area contributed by atoms with Crippen LogP contribution in [-0.2, 0) is 4.79 Å². The van der Waals surface area contributed by atoms with E-state index in [2.05, 4.69) is 5.32 Å². The van der Waals surface area contributed by atoms with Crippen LogP contribution in [0.4, 0.5) is 0 Å². The second-order valence-electron chi connectivity index (χ2n) is 5.89. The van der Waals surface area contributed by atoms with Gasteiger partial charge in [-0.05, 0) is 48.8 Å². The fraction of sp³-hybridized carbons (Fsp3) is 0.412. The lowest BCUT2D eigenvalue weighted by atomic mass is 9.94. The minimum absolute atomic E-state index is 0.0692. The molecule has 122 valence electrons. The van der Waals surface area contributed by atoms with Crippen LogP contribution >= 0.6 is 12.2 Å². The average Bonchev–Trinajstić information content (AvgIpc) is 2.84. The maximum Gasteiger partial charge on any atom is 0.276 e. The Kier molecular flexibility index (Phi) is 4.52. The highest BCUT2D eigenvalue weighted by atomic mass is 32.1. The number of hydrogen-bond acceptors (Lipinski definition) is 4.